The summed E-state index contributed by atoms with van der Waals surface area (Å²) < 4.78 is 29.8. The molecule has 8 nitrogen and oxygen atoms in total. The van der Waals surface area contributed by atoms with Crippen molar-refractivity contribution in [1.29, 1.82) is 0 Å². The molecule has 150 valence electrons. The van der Waals surface area contributed by atoms with Gasteiger partial charge in [0.25, 0.3) is 10.0 Å². The molecule has 1 aliphatic heterocycles. The summed E-state index contributed by atoms with van der Waals surface area (Å²) in [6.07, 6.45) is 5.36. The highest BCUT2D eigenvalue weighted by Gasteiger charge is 2.38. The largest absolute Gasteiger partial charge is 0.279 e. The number of hydrogen-bond acceptors (Lipinski definition) is 6. The van der Waals surface area contributed by atoms with Crippen molar-refractivity contribution < 1.29 is 8.42 Å². The quantitative estimate of drug-likeness (QED) is 0.508. The van der Waals surface area contributed by atoms with Crippen molar-refractivity contribution in [2.45, 2.75) is 17.4 Å². The van der Waals surface area contributed by atoms with Gasteiger partial charge in [-0.05, 0) is 35.9 Å². The molecule has 1 aliphatic rings. The lowest BCUT2D eigenvalue weighted by atomic mass is 10.0. The SMILES string of the molecule is Cn1nccc1C1=NN(S(=O)(=O)c2ccccc2)C(c2ccc3nccnc3c2)C1. The lowest BCUT2D eigenvalue weighted by Crippen LogP contribution is -2.27. The lowest BCUT2D eigenvalue weighted by Gasteiger charge is -2.23. The van der Waals surface area contributed by atoms with E-state index in [0.29, 0.717) is 17.6 Å². The number of aromatic nitrogens is 4. The number of fused-ring (bicyclic) bond motifs is 1. The first-order valence-electron chi connectivity index (χ1n) is 9.40. The molecule has 9 heteroatoms. The molecule has 0 radical (unpaired) electrons. The third kappa shape index (κ3) is 3.03. The van der Waals surface area contributed by atoms with E-state index in [0.717, 1.165) is 16.8 Å². The van der Waals surface area contributed by atoms with E-state index in [1.165, 1.54) is 4.41 Å². The number of hydrogen-bond donors (Lipinski definition) is 0. The number of rotatable bonds is 4. The van der Waals surface area contributed by atoms with Crippen LogP contribution in [0, 0.1) is 0 Å². The number of sulfonamides is 1. The molecule has 2 aromatic heterocycles. The van der Waals surface area contributed by atoms with Gasteiger partial charge in [0, 0.05) is 32.1 Å². The highest BCUT2D eigenvalue weighted by Crippen LogP contribution is 2.37. The third-order valence-electron chi connectivity index (χ3n) is 5.15. The van der Waals surface area contributed by atoms with Crippen LogP contribution in [0.25, 0.3) is 11.0 Å². The molecule has 0 fully saturated rings. The molecule has 1 unspecified atom stereocenters. The summed E-state index contributed by atoms with van der Waals surface area (Å²) in [5.41, 5.74) is 3.72. The summed E-state index contributed by atoms with van der Waals surface area (Å²) >= 11 is 0. The molecule has 0 bridgehead atoms. The topological polar surface area (TPSA) is 93.3 Å². The summed E-state index contributed by atoms with van der Waals surface area (Å²) in [6, 6.07) is 15.3. The fraction of sp³-hybridized carbons (Fsp3) is 0.143. The van der Waals surface area contributed by atoms with Crippen LogP contribution in [0.15, 0.2) is 83.2 Å². The maximum Gasteiger partial charge on any atom is 0.279 e. The van der Waals surface area contributed by atoms with Gasteiger partial charge < -0.3 is 0 Å². The Morgan fingerprint density at radius 1 is 0.933 bits per heavy atom. The standard InChI is InChI=1S/C21H18N6O2S/c1-26-20(9-10-24-26)19-14-21(15-7-8-17-18(13-15)23-12-11-22-17)27(25-19)30(28,29)16-5-3-2-4-6-16/h2-13,21H,14H2,1H3. The van der Waals surface area contributed by atoms with Crippen LogP contribution in [-0.2, 0) is 17.1 Å². The molecular weight excluding hydrogens is 400 g/mol. The van der Waals surface area contributed by atoms with E-state index in [2.05, 4.69) is 20.2 Å². The first-order valence-corrected chi connectivity index (χ1v) is 10.8. The van der Waals surface area contributed by atoms with Gasteiger partial charge in [0.15, 0.2) is 0 Å². The molecule has 0 N–H and O–H groups in total. The van der Waals surface area contributed by atoms with Crippen molar-refractivity contribution >= 4 is 26.8 Å². The van der Waals surface area contributed by atoms with Gasteiger partial charge in [-0.15, -0.1) is 0 Å². The Labute approximate surface area is 173 Å². The minimum Gasteiger partial charge on any atom is -0.267 e. The van der Waals surface area contributed by atoms with Gasteiger partial charge in [-0.3, -0.25) is 14.6 Å². The minimum atomic E-state index is -3.85. The molecular formula is C21H18N6O2S. The Morgan fingerprint density at radius 2 is 1.70 bits per heavy atom. The smallest absolute Gasteiger partial charge is 0.267 e. The van der Waals surface area contributed by atoms with Crippen molar-refractivity contribution in [2.24, 2.45) is 12.1 Å². The van der Waals surface area contributed by atoms with E-state index in [-0.39, 0.29) is 4.90 Å². The van der Waals surface area contributed by atoms with E-state index < -0.39 is 16.1 Å². The van der Waals surface area contributed by atoms with E-state index in [4.69, 9.17) is 0 Å². The monoisotopic (exact) mass is 418 g/mol. The van der Waals surface area contributed by atoms with Crippen LogP contribution >= 0.6 is 0 Å². The van der Waals surface area contributed by atoms with Crippen LogP contribution in [0.1, 0.15) is 23.7 Å². The molecule has 0 saturated carbocycles. The zero-order valence-electron chi connectivity index (χ0n) is 16.1. The Morgan fingerprint density at radius 3 is 2.43 bits per heavy atom. The van der Waals surface area contributed by atoms with Gasteiger partial charge in [-0.25, -0.2) is 0 Å². The number of hydrazone groups is 1. The van der Waals surface area contributed by atoms with Crippen molar-refractivity contribution in [3.05, 3.63) is 84.4 Å². The molecule has 0 saturated heterocycles. The van der Waals surface area contributed by atoms with E-state index in [1.807, 2.05) is 31.3 Å². The number of aryl methyl sites for hydroxylation is 1. The third-order valence-corrected chi connectivity index (χ3v) is 6.85. The minimum absolute atomic E-state index is 0.200. The second-order valence-corrected chi connectivity index (χ2v) is 8.80. The molecule has 5 rings (SSSR count). The summed E-state index contributed by atoms with van der Waals surface area (Å²) in [5, 5.41) is 8.74. The zero-order chi connectivity index (χ0) is 20.7. The van der Waals surface area contributed by atoms with Crippen molar-refractivity contribution in [1.82, 2.24) is 24.2 Å². The highest BCUT2D eigenvalue weighted by molar-refractivity contribution is 7.89. The second-order valence-electron chi connectivity index (χ2n) is 7.00. The number of benzene rings is 2. The first kappa shape index (κ1) is 18.4. The molecule has 0 aliphatic carbocycles. The molecule has 3 heterocycles. The van der Waals surface area contributed by atoms with Crippen molar-refractivity contribution in [2.75, 3.05) is 0 Å². The summed E-state index contributed by atoms with van der Waals surface area (Å²) in [4.78, 5) is 8.86. The van der Waals surface area contributed by atoms with E-state index >= 15 is 0 Å². The summed E-state index contributed by atoms with van der Waals surface area (Å²) in [7, 11) is -2.03. The first-order chi connectivity index (χ1) is 14.5. The summed E-state index contributed by atoms with van der Waals surface area (Å²) in [6.45, 7) is 0. The van der Waals surface area contributed by atoms with Gasteiger partial charge in [0.2, 0.25) is 0 Å². The van der Waals surface area contributed by atoms with E-state index in [1.54, 1.807) is 53.6 Å². The zero-order valence-corrected chi connectivity index (χ0v) is 16.9. The molecule has 0 spiro atoms. The van der Waals surface area contributed by atoms with Gasteiger partial charge >= 0.3 is 0 Å². The van der Waals surface area contributed by atoms with Crippen molar-refractivity contribution in [3.8, 4) is 0 Å². The van der Waals surface area contributed by atoms with Gasteiger partial charge in [-0.2, -0.15) is 23.0 Å². The van der Waals surface area contributed by atoms with Gasteiger partial charge in [0.1, 0.15) is 0 Å². The van der Waals surface area contributed by atoms with Gasteiger partial charge in [-0.1, -0.05) is 24.3 Å². The average molecular weight is 418 g/mol. The maximum absolute atomic E-state index is 13.5. The van der Waals surface area contributed by atoms with Crippen LogP contribution in [-0.4, -0.2) is 38.3 Å². The Hall–Kier alpha value is -3.59. The van der Waals surface area contributed by atoms with Crippen molar-refractivity contribution in [3.63, 3.8) is 0 Å². The van der Waals surface area contributed by atoms with Crippen LogP contribution in [0.3, 0.4) is 0 Å². The Balaban J connectivity index is 1.64. The molecule has 30 heavy (non-hydrogen) atoms. The molecule has 1 atom stereocenters. The van der Waals surface area contributed by atoms with Crippen LogP contribution in [0.4, 0.5) is 0 Å². The predicted molar refractivity (Wildman–Crippen MR) is 112 cm³/mol. The Bertz CT molecular complexity index is 1360. The van der Waals surface area contributed by atoms with Gasteiger partial charge in [0.05, 0.1) is 33.4 Å². The molecule has 2 aromatic carbocycles. The van der Waals surface area contributed by atoms with E-state index in [9.17, 15) is 8.42 Å². The molecule has 0 amide bonds. The summed E-state index contributed by atoms with van der Waals surface area (Å²) in [5.74, 6) is 0. The molecule has 4 aromatic rings. The maximum atomic E-state index is 13.5. The average Bonchev–Trinajstić information content (AvgIpc) is 3.40. The lowest BCUT2D eigenvalue weighted by molar-refractivity contribution is 0.371. The van der Waals surface area contributed by atoms with Crippen LogP contribution < -0.4 is 0 Å². The second kappa shape index (κ2) is 7.03. The van der Waals surface area contributed by atoms with Crippen LogP contribution in [0.2, 0.25) is 0 Å². The predicted octanol–water partition coefficient (Wildman–Crippen LogP) is 2.90. The fourth-order valence-corrected chi connectivity index (χ4v) is 5.11. The highest BCUT2D eigenvalue weighted by atomic mass is 32.2. The Kier molecular flexibility index (Phi) is 4.32. The number of nitrogens with zero attached hydrogens (tertiary/aromatic N) is 6. The fourth-order valence-electron chi connectivity index (χ4n) is 3.66. The normalized spacial score (nSPS) is 16.8. The van der Waals surface area contributed by atoms with Crippen LogP contribution in [0.5, 0.6) is 0 Å².